The number of anilines is 1. The largest absolute Gasteiger partial charge is 0.368 e. The Bertz CT molecular complexity index is 1260. The lowest BCUT2D eigenvalue weighted by Gasteiger charge is -2.36. The predicted octanol–water partition coefficient (Wildman–Crippen LogP) is 4.86. The van der Waals surface area contributed by atoms with Crippen molar-refractivity contribution >= 4 is 22.5 Å². The Kier molecular flexibility index (Phi) is 5.82. The Balaban J connectivity index is 1.28. The summed E-state index contributed by atoms with van der Waals surface area (Å²) in [7, 11) is 0. The van der Waals surface area contributed by atoms with Crippen LogP contribution in [0.5, 0.6) is 0 Å². The molecule has 0 unspecified atom stereocenters. The molecule has 1 saturated heterocycles. The summed E-state index contributed by atoms with van der Waals surface area (Å²) >= 11 is 0. The summed E-state index contributed by atoms with van der Waals surface area (Å²) in [5.74, 6) is -0.383. The normalized spacial score (nSPS) is 14.1. The molecule has 0 bridgehead atoms. The quantitative estimate of drug-likeness (QED) is 0.439. The fourth-order valence-electron chi connectivity index (χ4n) is 4.52. The SMILES string of the molecule is O=C(Cc1cn(Cc2ccc(F)cc2)c2ccccc12)N1CCN(c2ccc(F)cc2)CC1. The van der Waals surface area contributed by atoms with Crippen molar-refractivity contribution in [3.63, 3.8) is 0 Å². The minimum atomic E-state index is -0.248. The van der Waals surface area contributed by atoms with Gasteiger partial charge in [-0.2, -0.15) is 0 Å². The van der Waals surface area contributed by atoms with Crippen molar-refractivity contribution < 1.29 is 13.6 Å². The van der Waals surface area contributed by atoms with Crippen LogP contribution in [-0.4, -0.2) is 41.6 Å². The Morgan fingerprint density at radius 1 is 0.788 bits per heavy atom. The monoisotopic (exact) mass is 445 g/mol. The van der Waals surface area contributed by atoms with E-state index in [0.717, 1.165) is 40.8 Å². The summed E-state index contributed by atoms with van der Waals surface area (Å²) in [6, 6.07) is 21.1. The van der Waals surface area contributed by atoms with Gasteiger partial charge in [0.1, 0.15) is 11.6 Å². The van der Waals surface area contributed by atoms with Crippen molar-refractivity contribution in [3.8, 4) is 0 Å². The van der Waals surface area contributed by atoms with Gasteiger partial charge in [0, 0.05) is 55.5 Å². The van der Waals surface area contributed by atoms with Gasteiger partial charge >= 0.3 is 0 Å². The molecule has 3 aromatic carbocycles. The molecule has 0 atom stereocenters. The molecule has 33 heavy (non-hydrogen) atoms. The number of carbonyl (C=O) groups excluding carboxylic acids is 1. The van der Waals surface area contributed by atoms with E-state index >= 15 is 0 Å². The van der Waals surface area contributed by atoms with Gasteiger partial charge in [0.05, 0.1) is 6.42 Å². The highest BCUT2D eigenvalue weighted by Crippen LogP contribution is 2.24. The van der Waals surface area contributed by atoms with Gasteiger partial charge in [-0.05, 0) is 53.6 Å². The standard InChI is InChI=1S/C27H25F2N3O/c28-22-7-5-20(6-8-22)18-32-19-21(25-3-1-2-4-26(25)32)17-27(33)31-15-13-30(14-16-31)24-11-9-23(29)10-12-24/h1-12,19H,13-18H2. The number of aromatic nitrogens is 1. The van der Waals surface area contributed by atoms with E-state index in [1.807, 2.05) is 35.4 Å². The summed E-state index contributed by atoms with van der Waals surface area (Å²) in [5.41, 5.74) is 4.05. The van der Waals surface area contributed by atoms with E-state index in [1.54, 1.807) is 24.3 Å². The van der Waals surface area contributed by atoms with Gasteiger partial charge in [0.2, 0.25) is 5.91 Å². The van der Waals surface area contributed by atoms with Crippen LogP contribution in [0.25, 0.3) is 10.9 Å². The Labute approximate surface area is 191 Å². The number of para-hydroxylation sites is 1. The fraction of sp³-hybridized carbons (Fsp3) is 0.222. The van der Waals surface area contributed by atoms with Crippen LogP contribution < -0.4 is 4.90 Å². The second-order valence-corrected chi connectivity index (χ2v) is 8.45. The molecule has 1 aliphatic heterocycles. The number of piperazine rings is 1. The Morgan fingerprint density at radius 3 is 2.12 bits per heavy atom. The maximum atomic E-state index is 13.3. The highest BCUT2D eigenvalue weighted by atomic mass is 19.1. The summed E-state index contributed by atoms with van der Waals surface area (Å²) in [6.07, 6.45) is 2.38. The number of carbonyl (C=O) groups is 1. The smallest absolute Gasteiger partial charge is 0.227 e. The molecular weight excluding hydrogens is 420 g/mol. The van der Waals surface area contributed by atoms with E-state index in [2.05, 4.69) is 9.47 Å². The third-order valence-corrected chi connectivity index (χ3v) is 6.30. The van der Waals surface area contributed by atoms with Crippen LogP contribution in [-0.2, 0) is 17.8 Å². The van der Waals surface area contributed by atoms with E-state index in [0.29, 0.717) is 26.1 Å². The Morgan fingerprint density at radius 2 is 1.42 bits per heavy atom. The number of rotatable bonds is 5. The number of amides is 1. The van der Waals surface area contributed by atoms with Gasteiger partial charge in [0.15, 0.2) is 0 Å². The molecule has 4 nitrogen and oxygen atoms in total. The molecule has 1 amide bonds. The van der Waals surface area contributed by atoms with Crippen LogP contribution in [0.2, 0.25) is 0 Å². The van der Waals surface area contributed by atoms with Gasteiger partial charge in [-0.3, -0.25) is 4.79 Å². The van der Waals surface area contributed by atoms with Crippen molar-refractivity contribution in [1.82, 2.24) is 9.47 Å². The van der Waals surface area contributed by atoms with E-state index in [9.17, 15) is 13.6 Å². The van der Waals surface area contributed by atoms with Crippen LogP contribution in [0.3, 0.4) is 0 Å². The van der Waals surface area contributed by atoms with Crippen molar-refractivity contribution in [2.75, 3.05) is 31.1 Å². The topological polar surface area (TPSA) is 28.5 Å². The summed E-state index contributed by atoms with van der Waals surface area (Å²) in [4.78, 5) is 17.2. The zero-order valence-corrected chi connectivity index (χ0v) is 18.3. The summed E-state index contributed by atoms with van der Waals surface area (Å²) in [5, 5.41) is 1.07. The number of fused-ring (bicyclic) bond motifs is 1. The van der Waals surface area contributed by atoms with E-state index < -0.39 is 0 Å². The molecule has 1 aromatic heterocycles. The molecule has 0 spiro atoms. The van der Waals surface area contributed by atoms with Gasteiger partial charge < -0.3 is 14.4 Å². The lowest BCUT2D eigenvalue weighted by atomic mass is 10.1. The highest BCUT2D eigenvalue weighted by Gasteiger charge is 2.22. The molecule has 0 saturated carbocycles. The maximum Gasteiger partial charge on any atom is 0.227 e. The van der Waals surface area contributed by atoms with Crippen LogP contribution >= 0.6 is 0 Å². The number of nitrogens with zero attached hydrogens (tertiary/aromatic N) is 3. The average molecular weight is 446 g/mol. The molecule has 1 fully saturated rings. The van der Waals surface area contributed by atoms with Crippen LogP contribution in [0, 0.1) is 11.6 Å². The van der Waals surface area contributed by atoms with E-state index in [4.69, 9.17) is 0 Å². The maximum absolute atomic E-state index is 13.3. The third kappa shape index (κ3) is 4.60. The van der Waals surface area contributed by atoms with Gasteiger partial charge in [-0.15, -0.1) is 0 Å². The molecular formula is C27H25F2N3O. The molecule has 2 heterocycles. The zero-order chi connectivity index (χ0) is 22.8. The van der Waals surface area contributed by atoms with E-state index in [-0.39, 0.29) is 17.5 Å². The molecule has 0 N–H and O–H groups in total. The first kappa shape index (κ1) is 21.2. The molecule has 0 aliphatic carbocycles. The van der Waals surface area contributed by atoms with Crippen LogP contribution in [0.1, 0.15) is 11.1 Å². The van der Waals surface area contributed by atoms with Crippen molar-refractivity contribution in [2.45, 2.75) is 13.0 Å². The minimum Gasteiger partial charge on any atom is -0.368 e. The zero-order valence-electron chi connectivity index (χ0n) is 18.3. The molecule has 0 radical (unpaired) electrons. The number of halogens is 2. The first-order valence-corrected chi connectivity index (χ1v) is 11.2. The third-order valence-electron chi connectivity index (χ3n) is 6.30. The lowest BCUT2D eigenvalue weighted by Crippen LogP contribution is -2.49. The molecule has 4 aromatic rings. The van der Waals surface area contributed by atoms with Crippen LogP contribution in [0.15, 0.2) is 79.0 Å². The molecule has 6 heteroatoms. The van der Waals surface area contributed by atoms with Crippen LogP contribution in [0.4, 0.5) is 14.5 Å². The van der Waals surface area contributed by atoms with Gasteiger partial charge in [-0.25, -0.2) is 8.78 Å². The molecule has 5 rings (SSSR count). The van der Waals surface area contributed by atoms with Crippen molar-refractivity contribution in [2.24, 2.45) is 0 Å². The average Bonchev–Trinajstić information content (AvgIpc) is 3.18. The molecule has 1 aliphatic rings. The van der Waals surface area contributed by atoms with Crippen molar-refractivity contribution in [3.05, 3.63) is 102 Å². The first-order chi connectivity index (χ1) is 16.1. The summed E-state index contributed by atoms with van der Waals surface area (Å²) in [6.45, 7) is 3.35. The minimum absolute atomic E-state index is 0.110. The number of hydrogen-bond donors (Lipinski definition) is 0. The fourth-order valence-corrected chi connectivity index (χ4v) is 4.52. The molecule has 168 valence electrons. The number of benzene rings is 3. The first-order valence-electron chi connectivity index (χ1n) is 11.2. The lowest BCUT2D eigenvalue weighted by molar-refractivity contribution is -0.130. The van der Waals surface area contributed by atoms with Gasteiger partial charge in [-0.1, -0.05) is 30.3 Å². The van der Waals surface area contributed by atoms with E-state index in [1.165, 1.54) is 24.3 Å². The van der Waals surface area contributed by atoms with Crippen molar-refractivity contribution in [1.29, 1.82) is 0 Å². The van der Waals surface area contributed by atoms with Gasteiger partial charge in [0.25, 0.3) is 0 Å². The second-order valence-electron chi connectivity index (χ2n) is 8.45. The summed E-state index contributed by atoms with van der Waals surface area (Å²) < 4.78 is 28.6. The second kappa shape index (κ2) is 9.06. The Hall–Kier alpha value is -3.67. The number of hydrogen-bond acceptors (Lipinski definition) is 2. The predicted molar refractivity (Wildman–Crippen MR) is 126 cm³/mol. The highest BCUT2D eigenvalue weighted by molar-refractivity contribution is 5.89.